The highest BCUT2D eigenvalue weighted by Crippen LogP contribution is 2.26. The molecule has 2 rings (SSSR count). The molecule has 1 amide bonds. The van der Waals surface area contributed by atoms with Gasteiger partial charge in [0.25, 0.3) is 0 Å². The Bertz CT molecular complexity index is 412. The Hall–Kier alpha value is -1.35. The van der Waals surface area contributed by atoms with Crippen molar-refractivity contribution in [2.75, 3.05) is 0 Å². The second-order valence-electron chi connectivity index (χ2n) is 5.99. The van der Waals surface area contributed by atoms with Gasteiger partial charge in [0.2, 0.25) is 5.91 Å². The van der Waals surface area contributed by atoms with Gasteiger partial charge in [-0.25, -0.2) is 0 Å². The fourth-order valence-corrected chi connectivity index (χ4v) is 3.04. The Labute approximate surface area is 121 Å². The van der Waals surface area contributed by atoms with E-state index in [0.717, 1.165) is 5.56 Å². The number of nitrogens with two attached hydrogens (primary N) is 1. The molecule has 0 heterocycles. The van der Waals surface area contributed by atoms with Crippen LogP contribution < -0.4 is 11.1 Å². The molecule has 2 atom stereocenters. The number of amides is 1. The number of benzene rings is 1. The molecule has 3 heteroatoms. The number of carbonyl (C=O) groups is 1. The Balaban J connectivity index is 1.81. The van der Waals surface area contributed by atoms with Crippen LogP contribution in [0.4, 0.5) is 0 Å². The molecule has 0 spiro atoms. The number of rotatable bonds is 5. The predicted molar refractivity (Wildman–Crippen MR) is 82.3 cm³/mol. The summed E-state index contributed by atoms with van der Waals surface area (Å²) < 4.78 is 0. The van der Waals surface area contributed by atoms with Crippen molar-refractivity contribution in [2.24, 2.45) is 11.7 Å². The lowest BCUT2D eigenvalue weighted by Gasteiger charge is -2.29. The summed E-state index contributed by atoms with van der Waals surface area (Å²) in [6.07, 6.45) is 6.99. The molecule has 1 fully saturated rings. The fraction of sp³-hybridized carbons (Fsp3) is 0.588. The van der Waals surface area contributed by atoms with E-state index in [1.807, 2.05) is 30.3 Å². The standard InChI is InChI=1S/C17H26N2O/c1-13(15-10-6-3-7-11-15)19-17(20)16(18)12-14-8-4-2-5-9-14/h2,4-5,8-9,13,15-16H,3,6-7,10-12,18H2,1H3,(H,19,20)/t13-,16+/m1/s1. The van der Waals surface area contributed by atoms with Crippen LogP contribution in [0.25, 0.3) is 0 Å². The number of nitrogens with one attached hydrogen (secondary N) is 1. The average molecular weight is 274 g/mol. The smallest absolute Gasteiger partial charge is 0.237 e. The van der Waals surface area contributed by atoms with Crippen molar-refractivity contribution in [1.82, 2.24) is 5.32 Å². The topological polar surface area (TPSA) is 55.1 Å². The summed E-state index contributed by atoms with van der Waals surface area (Å²) in [5.74, 6) is 0.601. The van der Waals surface area contributed by atoms with Crippen LogP contribution in [0.1, 0.15) is 44.6 Å². The third kappa shape index (κ3) is 4.34. The zero-order valence-electron chi connectivity index (χ0n) is 12.3. The minimum atomic E-state index is -0.455. The van der Waals surface area contributed by atoms with Crippen LogP contribution in [0.5, 0.6) is 0 Å². The Morgan fingerprint density at radius 2 is 1.90 bits per heavy atom. The first-order valence-electron chi connectivity index (χ1n) is 7.76. The van der Waals surface area contributed by atoms with Crippen LogP contribution in [-0.2, 0) is 11.2 Å². The van der Waals surface area contributed by atoms with E-state index in [4.69, 9.17) is 5.73 Å². The van der Waals surface area contributed by atoms with Gasteiger partial charge in [-0.3, -0.25) is 4.79 Å². The Morgan fingerprint density at radius 3 is 2.55 bits per heavy atom. The van der Waals surface area contributed by atoms with Crippen molar-refractivity contribution in [1.29, 1.82) is 0 Å². The molecule has 3 nitrogen and oxygen atoms in total. The van der Waals surface area contributed by atoms with Gasteiger partial charge in [0, 0.05) is 6.04 Å². The molecule has 3 N–H and O–H groups in total. The average Bonchev–Trinajstić information content (AvgIpc) is 2.49. The summed E-state index contributed by atoms with van der Waals surface area (Å²) in [4.78, 5) is 12.2. The first kappa shape index (κ1) is 15.0. The summed E-state index contributed by atoms with van der Waals surface area (Å²) in [5, 5.41) is 3.11. The maximum Gasteiger partial charge on any atom is 0.237 e. The summed E-state index contributed by atoms with van der Waals surface area (Å²) >= 11 is 0. The van der Waals surface area contributed by atoms with Crippen molar-refractivity contribution in [3.05, 3.63) is 35.9 Å². The quantitative estimate of drug-likeness (QED) is 0.867. The summed E-state index contributed by atoms with van der Waals surface area (Å²) in [6.45, 7) is 2.11. The lowest BCUT2D eigenvalue weighted by atomic mass is 9.84. The second kappa shape index (κ2) is 7.44. The van der Waals surface area contributed by atoms with Gasteiger partial charge in [0.1, 0.15) is 0 Å². The summed E-state index contributed by atoms with van der Waals surface area (Å²) in [6, 6.07) is 9.73. The summed E-state index contributed by atoms with van der Waals surface area (Å²) in [5.41, 5.74) is 7.13. The van der Waals surface area contributed by atoms with Gasteiger partial charge in [-0.1, -0.05) is 49.6 Å². The molecular formula is C17H26N2O. The molecule has 1 aromatic carbocycles. The number of hydrogen-bond donors (Lipinski definition) is 2. The van der Waals surface area contributed by atoms with Crippen LogP contribution in [0, 0.1) is 5.92 Å². The van der Waals surface area contributed by atoms with Crippen LogP contribution >= 0.6 is 0 Å². The molecule has 1 aliphatic rings. The number of hydrogen-bond acceptors (Lipinski definition) is 2. The molecule has 1 aromatic rings. The van der Waals surface area contributed by atoms with Crippen molar-refractivity contribution < 1.29 is 4.79 Å². The highest BCUT2D eigenvalue weighted by atomic mass is 16.2. The second-order valence-corrected chi connectivity index (χ2v) is 5.99. The van der Waals surface area contributed by atoms with Gasteiger partial charge < -0.3 is 11.1 Å². The Kier molecular flexibility index (Phi) is 5.60. The fourth-order valence-electron chi connectivity index (χ4n) is 3.04. The van der Waals surface area contributed by atoms with Crippen LogP contribution in [0.3, 0.4) is 0 Å². The highest BCUT2D eigenvalue weighted by molar-refractivity contribution is 5.82. The molecule has 1 saturated carbocycles. The van der Waals surface area contributed by atoms with Crippen LogP contribution in [0.2, 0.25) is 0 Å². The third-order valence-electron chi connectivity index (χ3n) is 4.36. The SMILES string of the molecule is C[C@@H](NC(=O)[C@@H](N)Cc1ccccc1)C1CCCCC1. The molecule has 0 unspecified atom stereocenters. The highest BCUT2D eigenvalue weighted by Gasteiger charge is 2.23. The van der Waals surface area contributed by atoms with Crippen molar-refractivity contribution >= 4 is 5.91 Å². The maximum absolute atomic E-state index is 12.2. The monoisotopic (exact) mass is 274 g/mol. The van der Waals surface area contributed by atoms with E-state index in [2.05, 4.69) is 12.2 Å². The molecule has 110 valence electrons. The van der Waals surface area contributed by atoms with Gasteiger partial charge in [-0.15, -0.1) is 0 Å². The molecule has 0 aliphatic heterocycles. The van der Waals surface area contributed by atoms with E-state index in [1.165, 1.54) is 32.1 Å². The van der Waals surface area contributed by atoms with Crippen molar-refractivity contribution in [2.45, 2.75) is 57.5 Å². The van der Waals surface area contributed by atoms with Crippen molar-refractivity contribution in [3.63, 3.8) is 0 Å². The zero-order chi connectivity index (χ0) is 14.4. The lowest BCUT2D eigenvalue weighted by molar-refractivity contribution is -0.123. The first-order valence-corrected chi connectivity index (χ1v) is 7.76. The van der Waals surface area contributed by atoms with E-state index in [-0.39, 0.29) is 11.9 Å². The van der Waals surface area contributed by atoms with E-state index < -0.39 is 6.04 Å². The number of carbonyl (C=O) groups excluding carboxylic acids is 1. The molecule has 0 radical (unpaired) electrons. The molecule has 0 aromatic heterocycles. The molecule has 20 heavy (non-hydrogen) atoms. The van der Waals surface area contributed by atoms with Gasteiger partial charge in [-0.2, -0.15) is 0 Å². The minimum absolute atomic E-state index is 0.0214. The van der Waals surface area contributed by atoms with Crippen LogP contribution in [-0.4, -0.2) is 18.0 Å². The summed E-state index contributed by atoms with van der Waals surface area (Å²) in [7, 11) is 0. The van der Waals surface area contributed by atoms with E-state index >= 15 is 0 Å². The zero-order valence-corrected chi connectivity index (χ0v) is 12.3. The van der Waals surface area contributed by atoms with Gasteiger partial charge in [-0.05, 0) is 37.7 Å². The maximum atomic E-state index is 12.2. The molecule has 0 bridgehead atoms. The van der Waals surface area contributed by atoms with E-state index in [9.17, 15) is 4.79 Å². The molecule has 1 aliphatic carbocycles. The van der Waals surface area contributed by atoms with Gasteiger partial charge in [0.05, 0.1) is 6.04 Å². The van der Waals surface area contributed by atoms with Crippen molar-refractivity contribution in [3.8, 4) is 0 Å². The largest absolute Gasteiger partial charge is 0.352 e. The normalized spacial score (nSPS) is 19.3. The lowest BCUT2D eigenvalue weighted by Crippen LogP contribution is -2.48. The Morgan fingerprint density at radius 1 is 1.25 bits per heavy atom. The van der Waals surface area contributed by atoms with E-state index in [1.54, 1.807) is 0 Å². The van der Waals surface area contributed by atoms with Gasteiger partial charge >= 0.3 is 0 Å². The molecular weight excluding hydrogens is 248 g/mol. The molecule has 0 saturated heterocycles. The minimum Gasteiger partial charge on any atom is -0.352 e. The van der Waals surface area contributed by atoms with Gasteiger partial charge in [0.15, 0.2) is 0 Å². The third-order valence-corrected chi connectivity index (χ3v) is 4.36. The first-order chi connectivity index (χ1) is 9.66. The predicted octanol–water partition coefficient (Wildman–Crippen LogP) is 2.64. The van der Waals surface area contributed by atoms with Crippen LogP contribution in [0.15, 0.2) is 30.3 Å². The van der Waals surface area contributed by atoms with E-state index in [0.29, 0.717) is 12.3 Å².